The first-order valence-electron chi connectivity index (χ1n) is 8.94. The van der Waals surface area contributed by atoms with Crippen molar-refractivity contribution in [3.05, 3.63) is 89.5 Å². The maximum atomic E-state index is 5.98. The molecule has 4 rings (SSSR count). The van der Waals surface area contributed by atoms with Gasteiger partial charge in [-0.1, -0.05) is 42.5 Å². The topological polar surface area (TPSA) is 70.1 Å². The van der Waals surface area contributed by atoms with Crippen molar-refractivity contribution in [1.82, 2.24) is 24.7 Å². The van der Waals surface area contributed by atoms with Crippen LogP contribution in [-0.4, -0.2) is 30.9 Å². The fourth-order valence-corrected chi connectivity index (χ4v) is 2.85. The van der Waals surface area contributed by atoms with Gasteiger partial charge in [0.1, 0.15) is 18.7 Å². The van der Waals surface area contributed by atoms with Gasteiger partial charge in [-0.15, -0.1) is 10.2 Å². The van der Waals surface area contributed by atoms with Crippen LogP contribution in [0.25, 0.3) is 5.95 Å². The number of rotatable bonds is 6. The Labute approximate surface area is 162 Å². The number of para-hydroxylation sites is 1. The molecule has 2 heterocycles. The van der Waals surface area contributed by atoms with Crippen molar-refractivity contribution >= 4 is 6.21 Å². The molecule has 0 radical (unpaired) electrons. The molecular formula is C21H20N6O. The molecule has 0 amide bonds. The molecule has 0 spiro atoms. The summed E-state index contributed by atoms with van der Waals surface area (Å²) in [5.41, 5.74) is 3.86. The van der Waals surface area contributed by atoms with Crippen molar-refractivity contribution in [2.45, 2.75) is 20.5 Å². The van der Waals surface area contributed by atoms with Crippen LogP contribution in [0, 0.1) is 13.8 Å². The first-order valence-corrected chi connectivity index (χ1v) is 8.94. The SMILES string of the molecule is Cc1cc(C)n(-c2nncn2/N=C\c2ccccc2OCc2ccccc2)n1. The summed E-state index contributed by atoms with van der Waals surface area (Å²) in [6.45, 7) is 4.40. The molecule has 7 nitrogen and oxygen atoms in total. The van der Waals surface area contributed by atoms with E-state index in [1.807, 2.05) is 74.5 Å². The molecule has 140 valence electrons. The van der Waals surface area contributed by atoms with Crippen LogP contribution >= 0.6 is 0 Å². The van der Waals surface area contributed by atoms with E-state index in [1.165, 1.54) is 0 Å². The fraction of sp³-hybridized carbons (Fsp3) is 0.143. The van der Waals surface area contributed by atoms with E-state index in [9.17, 15) is 0 Å². The molecule has 2 aromatic heterocycles. The van der Waals surface area contributed by atoms with Crippen molar-refractivity contribution in [1.29, 1.82) is 0 Å². The average Bonchev–Trinajstić information content (AvgIpc) is 3.31. The van der Waals surface area contributed by atoms with E-state index in [2.05, 4.69) is 20.4 Å². The third-order valence-corrected chi connectivity index (χ3v) is 4.19. The van der Waals surface area contributed by atoms with Gasteiger partial charge in [0.25, 0.3) is 5.95 Å². The van der Waals surface area contributed by atoms with Crippen LogP contribution in [-0.2, 0) is 6.61 Å². The molecule has 28 heavy (non-hydrogen) atoms. The highest BCUT2D eigenvalue weighted by molar-refractivity contribution is 5.83. The number of ether oxygens (including phenoxy) is 1. The minimum absolute atomic E-state index is 0.495. The molecule has 0 saturated carbocycles. The van der Waals surface area contributed by atoms with Crippen molar-refractivity contribution < 1.29 is 4.74 Å². The molecule has 0 aliphatic heterocycles. The fourth-order valence-electron chi connectivity index (χ4n) is 2.85. The van der Waals surface area contributed by atoms with E-state index >= 15 is 0 Å². The average molecular weight is 372 g/mol. The van der Waals surface area contributed by atoms with Gasteiger partial charge in [-0.05, 0) is 37.6 Å². The number of benzene rings is 2. The van der Waals surface area contributed by atoms with Gasteiger partial charge in [-0.3, -0.25) is 0 Å². The Kier molecular flexibility index (Phi) is 4.97. The Morgan fingerprint density at radius 2 is 1.82 bits per heavy atom. The zero-order valence-corrected chi connectivity index (χ0v) is 15.7. The van der Waals surface area contributed by atoms with E-state index < -0.39 is 0 Å². The molecule has 0 aliphatic carbocycles. The van der Waals surface area contributed by atoms with E-state index in [0.717, 1.165) is 28.3 Å². The number of nitrogens with zero attached hydrogens (tertiary/aromatic N) is 6. The Balaban J connectivity index is 1.56. The monoisotopic (exact) mass is 372 g/mol. The Hall–Kier alpha value is -3.74. The summed E-state index contributed by atoms with van der Waals surface area (Å²) >= 11 is 0. The van der Waals surface area contributed by atoms with Crippen molar-refractivity contribution in [2.24, 2.45) is 5.10 Å². The van der Waals surface area contributed by atoms with Crippen molar-refractivity contribution in [3.8, 4) is 11.7 Å². The van der Waals surface area contributed by atoms with Crippen LogP contribution in [0.2, 0.25) is 0 Å². The second kappa shape index (κ2) is 7.87. The summed E-state index contributed by atoms with van der Waals surface area (Å²) < 4.78 is 9.29. The summed E-state index contributed by atoms with van der Waals surface area (Å²) in [6.07, 6.45) is 3.29. The molecule has 0 bridgehead atoms. The lowest BCUT2D eigenvalue weighted by Crippen LogP contribution is -2.07. The van der Waals surface area contributed by atoms with Crippen LogP contribution in [0.15, 0.2) is 72.1 Å². The zero-order valence-electron chi connectivity index (χ0n) is 15.7. The predicted molar refractivity (Wildman–Crippen MR) is 107 cm³/mol. The minimum atomic E-state index is 0.495. The van der Waals surface area contributed by atoms with Gasteiger partial charge in [-0.25, -0.2) is 4.68 Å². The predicted octanol–water partition coefficient (Wildman–Crippen LogP) is 3.54. The lowest BCUT2D eigenvalue weighted by Gasteiger charge is -2.09. The van der Waals surface area contributed by atoms with Crippen molar-refractivity contribution in [2.75, 3.05) is 0 Å². The largest absolute Gasteiger partial charge is 0.488 e. The molecule has 0 atom stereocenters. The molecule has 0 saturated heterocycles. The quantitative estimate of drug-likeness (QED) is 0.486. The van der Waals surface area contributed by atoms with Gasteiger partial charge < -0.3 is 4.74 Å². The zero-order chi connectivity index (χ0) is 19.3. The Bertz CT molecular complexity index is 1100. The third kappa shape index (κ3) is 3.83. The normalized spacial score (nSPS) is 11.2. The summed E-state index contributed by atoms with van der Waals surface area (Å²) in [4.78, 5) is 0. The smallest absolute Gasteiger partial charge is 0.273 e. The molecule has 0 unspecified atom stereocenters. The highest BCUT2D eigenvalue weighted by Gasteiger charge is 2.10. The number of hydrogen-bond acceptors (Lipinski definition) is 5. The van der Waals surface area contributed by atoms with E-state index in [4.69, 9.17) is 4.74 Å². The second-order valence-corrected chi connectivity index (χ2v) is 6.37. The Morgan fingerprint density at radius 1 is 1.04 bits per heavy atom. The van der Waals surface area contributed by atoms with Crippen LogP contribution in [0.3, 0.4) is 0 Å². The maximum absolute atomic E-state index is 5.98. The number of hydrogen-bond donors (Lipinski definition) is 0. The van der Waals surface area contributed by atoms with Crippen LogP contribution in [0.5, 0.6) is 5.75 Å². The lowest BCUT2D eigenvalue weighted by molar-refractivity contribution is 0.306. The first-order chi connectivity index (χ1) is 13.7. The van der Waals surface area contributed by atoms with Gasteiger partial charge in [0, 0.05) is 11.3 Å². The molecular weight excluding hydrogens is 352 g/mol. The van der Waals surface area contributed by atoms with Crippen molar-refractivity contribution in [3.63, 3.8) is 0 Å². The molecule has 0 aliphatic rings. The van der Waals surface area contributed by atoms with E-state index in [0.29, 0.717) is 12.6 Å². The standard InChI is InChI=1S/C21H20N6O/c1-16-12-17(2)27(25-16)21-24-22-15-26(21)23-13-19-10-6-7-11-20(19)28-14-18-8-4-3-5-9-18/h3-13,15H,14H2,1-2H3/b23-13-. The van der Waals surface area contributed by atoms with E-state index in [1.54, 1.807) is 21.9 Å². The molecule has 2 aromatic carbocycles. The molecule has 0 fully saturated rings. The van der Waals surface area contributed by atoms with Gasteiger partial charge >= 0.3 is 0 Å². The third-order valence-electron chi connectivity index (χ3n) is 4.19. The summed E-state index contributed by atoms with van der Waals surface area (Å²) in [5.74, 6) is 1.29. The number of aryl methyl sites for hydroxylation is 2. The lowest BCUT2D eigenvalue weighted by atomic mass is 10.2. The van der Waals surface area contributed by atoms with Crippen LogP contribution in [0.4, 0.5) is 0 Å². The molecule has 0 N–H and O–H groups in total. The van der Waals surface area contributed by atoms with Gasteiger partial charge in [0.15, 0.2) is 0 Å². The van der Waals surface area contributed by atoms with Crippen LogP contribution in [0.1, 0.15) is 22.5 Å². The Morgan fingerprint density at radius 3 is 2.61 bits per heavy atom. The summed E-state index contributed by atoms with van der Waals surface area (Å²) in [6, 6.07) is 19.8. The number of aromatic nitrogens is 5. The molecule has 4 aromatic rings. The first kappa shape index (κ1) is 17.7. The highest BCUT2D eigenvalue weighted by Crippen LogP contribution is 2.18. The minimum Gasteiger partial charge on any atom is -0.488 e. The van der Waals surface area contributed by atoms with Crippen LogP contribution < -0.4 is 4.74 Å². The van der Waals surface area contributed by atoms with E-state index in [-0.39, 0.29) is 0 Å². The summed E-state index contributed by atoms with van der Waals surface area (Å²) in [5, 5.41) is 17.1. The molecule has 7 heteroatoms. The van der Waals surface area contributed by atoms with Gasteiger partial charge in [-0.2, -0.15) is 14.9 Å². The highest BCUT2D eigenvalue weighted by atomic mass is 16.5. The summed E-state index contributed by atoms with van der Waals surface area (Å²) in [7, 11) is 0. The van der Waals surface area contributed by atoms with Gasteiger partial charge in [0.05, 0.1) is 11.9 Å². The van der Waals surface area contributed by atoms with Gasteiger partial charge in [0.2, 0.25) is 0 Å². The maximum Gasteiger partial charge on any atom is 0.273 e. The second-order valence-electron chi connectivity index (χ2n) is 6.37.